The van der Waals surface area contributed by atoms with Gasteiger partial charge in [-0.05, 0) is 0 Å². The third-order valence-corrected chi connectivity index (χ3v) is 4.69. The summed E-state index contributed by atoms with van der Waals surface area (Å²) in [6.07, 6.45) is 3.45. The fourth-order valence-corrected chi connectivity index (χ4v) is 3.86. The Labute approximate surface area is 104 Å². The maximum atomic E-state index is 11.1. The van der Waals surface area contributed by atoms with Gasteiger partial charge in [0.1, 0.15) is 0 Å². The van der Waals surface area contributed by atoms with Gasteiger partial charge in [0.05, 0.1) is 0 Å². The molecular formula is C13H19NOSe. The first kappa shape index (κ1) is 13.3. The van der Waals surface area contributed by atoms with E-state index >= 15 is 0 Å². The number of unbranched alkanes of at least 4 members (excludes halogenated alkanes) is 1. The molecular weight excluding hydrogens is 265 g/mol. The summed E-state index contributed by atoms with van der Waals surface area (Å²) in [5.74, 6) is 0.0823. The molecule has 0 aliphatic rings. The Morgan fingerprint density at radius 1 is 1.38 bits per heavy atom. The molecule has 3 heteroatoms. The molecule has 0 aliphatic carbocycles. The van der Waals surface area contributed by atoms with Crippen LogP contribution in [0.2, 0.25) is 0 Å². The molecule has 1 amide bonds. The van der Waals surface area contributed by atoms with Crippen LogP contribution in [0.15, 0.2) is 30.3 Å². The van der Waals surface area contributed by atoms with Gasteiger partial charge in [-0.1, -0.05) is 0 Å². The first-order valence-electron chi connectivity index (χ1n) is 5.71. The first-order valence-corrected chi connectivity index (χ1v) is 7.55. The number of carbonyl (C=O) groups excluding carboxylic acids is 1. The van der Waals surface area contributed by atoms with Crippen LogP contribution in [0, 0.1) is 0 Å². The van der Waals surface area contributed by atoms with Crippen LogP contribution in [0.4, 0.5) is 0 Å². The molecule has 1 unspecified atom stereocenters. The van der Waals surface area contributed by atoms with Gasteiger partial charge in [-0.3, -0.25) is 0 Å². The molecule has 1 atom stereocenters. The number of hydrogen-bond donors (Lipinski definition) is 1. The molecule has 1 rings (SSSR count). The topological polar surface area (TPSA) is 29.1 Å². The zero-order chi connectivity index (χ0) is 11.8. The van der Waals surface area contributed by atoms with E-state index in [1.807, 2.05) is 6.07 Å². The van der Waals surface area contributed by atoms with E-state index in [9.17, 15) is 4.79 Å². The van der Waals surface area contributed by atoms with Crippen LogP contribution in [-0.4, -0.2) is 25.8 Å². The molecule has 0 saturated heterocycles. The third kappa shape index (κ3) is 5.34. The van der Waals surface area contributed by atoms with Gasteiger partial charge >= 0.3 is 104 Å². The summed E-state index contributed by atoms with van der Waals surface area (Å²) in [5.41, 5.74) is 0. The van der Waals surface area contributed by atoms with Crippen LogP contribution < -0.4 is 9.78 Å². The fourth-order valence-electron chi connectivity index (χ4n) is 1.44. The van der Waals surface area contributed by atoms with Gasteiger partial charge in [0.2, 0.25) is 0 Å². The summed E-state index contributed by atoms with van der Waals surface area (Å²) in [7, 11) is 0. The molecule has 0 spiro atoms. The Kier molecular flexibility index (Phi) is 6.20. The van der Waals surface area contributed by atoms with E-state index in [0.717, 1.165) is 6.42 Å². The molecule has 0 aromatic heterocycles. The van der Waals surface area contributed by atoms with E-state index in [2.05, 4.69) is 36.5 Å². The predicted octanol–water partition coefficient (Wildman–Crippen LogP) is 1.67. The zero-order valence-corrected chi connectivity index (χ0v) is 11.6. The maximum absolute atomic E-state index is 11.1. The molecule has 16 heavy (non-hydrogen) atoms. The van der Waals surface area contributed by atoms with Crippen molar-refractivity contribution in [1.29, 1.82) is 0 Å². The number of hydrogen-bond acceptors (Lipinski definition) is 1. The fraction of sp³-hybridized carbons (Fsp3) is 0.462. The van der Waals surface area contributed by atoms with Crippen molar-refractivity contribution in [1.82, 2.24) is 5.32 Å². The summed E-state index contributed by atoms with van der Waals surface area (Å²) >= 11 is 0.335. The van der Waals surface area contributed by atoms with Crippen molar-refractivity contribution in [2.24, 2.45) is 0 Å². The van der Waals surface area contributed by atoms with Crippen molar-refractivity contribution in [3.05, 3.63) is 30.3 Å². The number of carbonyl (C=O) groups is 1. The van der Waals surface area contributed by atoms with Crippen molar-refractivity contribution in [2.75, 3.05) is 0 Å². The van der Waals surface area contributed by atoms with Crippen molar-refractivity contribution in [3.63, 3.8) is 0 Å². The minimum absolute atomic E-state index is 0.0823. The second-order valence-corrected chi connectivity index (χ2v) is 6.44. The number of benzene rings is 1. The average molecular weight is 284 g/mol. The zero-order valence-electron chi connectivity index (χ0n) is 9.90. The summed E-state index contributed by atoms with van der Waals surface area (Å²) in [5, 5.41) is 3.05. The molecule has 0 heterocycles. The Morgan fingerprint density at radius 2 is 2.06 bits per heavy atom. The summed E-state index contributed by atoms with van der Waals surface area (Å²) in [6, 6.07) is 10.4. The van der Waals surface area contributed by atoms with E-state index in [1.54, 1.807) is 6.92 Å². The summed E-state index contributed by atoms with van der Waals surface area (Å²) < 4.78 is 1.35. The number of amides is 1. The normalized spacial score (nSPS) is 12.1. The molecule has 0 aliphatic heterocycles. The standard InChI is InChI=1S/C13H19NOSe/c1-3-4-10-13(14-11(2)15)16-12-8-6-5-7-9-12/h5-9,13H,3-4,10H2,1-2H3,(H,14,15). The molecule has 1 aromatic rings. The van der Waals surface area contributed by atoms with Gasteiger partial charge in [0.25, 0.3) is 0 Å². The van der Waals surface area contributed by atoms with Gasteiger partial charge in [-0.25, -0.2) is 0 Å². The Morgan fingerprint density at radius 3 is 2.62 bits per heavy atom. The molecule has 0 bridgehead atoms. The van der Waals surface area contributed by atoms with Crippen molar-refractivity contribution in [2.45, 2.75) is 38.1 Å². The Hall–Kier alpha value is -0.791. The van der Waals surface area contributed by atoms with Crippen LogP contribution in [0.5, 0.6) is 0 Å². The van der Waals surface area contributed by atoms with E-state index in [-0.39, 0.29) is 5.91 Å². The van der Waals surface area contributed by atoms with Crippen LogP contribution in [0.25, 0.3) is 0 Å². The summed E-state index contributed by atoms with van der Waals surface area (Å²) in [6.45, 7) is 3.78. The second kappa shape index (κ2) is 7.48. The molecule has 1 N–H and O–H groups in total. The average Bonchev–Trinajstić information content (AvgIpc) is 2.26. The molecule has 2 nitrogen and oxygen atoms in total. The molecule has 0 radical (unpaired) electrons. The Balaban J connectivity index is 2.52. The van der Waals surface area contributed by atoms with Crippen molar-refractivity contribution >= 4 is 25.3 Å². The van der Waals surface area contributed by atoms with Gasteiger partial charge in [0.15, 0.2) is 0 Å². The monoisotopic (exact) mass is 285 g/mol. The van der Waals surface area contributed by atoms with Crippen LogP contribution >= 0.6 is 0 Å². The number of nitrogens with one attached hydrogen (secondary N) is 1. The molecule has 1 aromatic carbocycles. The van der Waals surface area contributed by atoms with Gasteiger partial charge in [-0.15, -0.1) is 0 Å². The van der Waals surface area contributed by atoms with Crippen molar-refractivity contribution in [3.8, 4) is 0 Å². The molecule has 88 valence electrons. The number of rotatable bonds is 6. The van der Waals surface area contributed by atoms with E-state index < -0.39 is 0 Å². The van der Waals surface area contributed by atoms with Crippen LogP contribution in [0.3, 0.4) is 0 Å². The van der Waals surface area contributed by atoms with Crippen LogP contribution in [-0.2, 0) is 4.79 Å². The minimum atomic E-state index is 0.0823. The second-order valence-electron chi connectivity index (χ2n) is 3.76. The van der Waals surface area contributed by atoms with Gasteiger partial charge < -0.3 is 0 Å². The SMILES string of the molecule is CCCCC(NC(C)=O)[Se]c1ccccc1. The van der Waals surface area contributed by atoms with E-state index in [4.69, 9.17) is 0 Å². The van der Waals surface area contributed by atoms with E-state index in [1.165, 1.54) is 17.3 Å². The van der Waals surface area contributed by atoms with E-state index in [0.29, 0.717) is 19.9 Å². The predicted molar refractivity (Wildman–Crippen MR) is 69.0 cm³/mol. The quantitative estimate of drug-likeness (QED) is 0.791. The first-order chi connectivity index (χ1) is 7.72. The molecule has 0 fully saturated rings. The summed E-state index contributed by atoms with van der Waals surface area (Å²) in [4.78, 5) is 11.4. The Bertz CT molecular complexity index is 313. The van der Waals surface area contributed by atoms with Crippen LogP contribution in [0.1, 0.15) is 33.1 Å². The van der Waals surface area contributed by atoms with Gasteiger partial charge in [-0.2, -0.15) is 0 Å². The van der Waals surface area contributed by atoms with Gasteiger partial charge in [0, 0.05) is 0 Å². The van der Waals surface area contributed by atoms with Crippen molar-refractivity contribution < 1.29 is 4.79 Å². The molecule has 0 saturated carbocycles. The third-order valence-electron chi connectivity index (χ3n) is 2.21.